The zero-order valence-electron chi connectivity index (χ0n) is 22.1. The Morgan fingerprint density at radius 3 is 2.79 bits per heavy atom. The van der Waals surface area contributed by atoms with Crippen LogP contribution in [0.5, 0.6) is 5.75 Å². The van der Waals surface area contributed by atoms with Crippen molar-refractivity contribution < 1.29 is 23.4 Å². The first-order chi connectivity index (χ1) is 18.3. The summed E-state index contributed by atoms with van der Waals surface area (Å²) < 4.78 is 32.8. The van der Waals surface area contributed by atoms with Crippen molar-refractivity contribution in [2.45, 2.75) is 30.2 Å². The van der Waals surface area contributed by atoms with Crippen molar-refractivity contribution in [3.63, 3.8) is 0 Å². The molecule has 3 atom stereocenters. The molecule has 0 spiro atoms. The average molecular weight is 544 g/mol. The summed E-state index contributed by atoms with van der Waals surface area (Å²) in [6.07, 6.45) is 4.24. The molecule has 0 saturated carbocycles. The first-order valence-electron chi connectivity index (χ1n) is 12.9. The number of hydrogen-bond acceptors (Lipinski definition) is 6. The van der Waals surface area contributed by atoms with Crippen LogP contribution >= 0.6 is 11.8 Å². The van der Waals surface area contributed by atoms with Crippen LogP contribution in [0.2, 0.25) is 0 Å². The molecule has 3 aromatic rings. The van der Waals surface area contributed by atoms with Crippen LogP contribution in [-0.2, 0) is 4.79 Å². The average Bonchev–Trinajstić information content (AvgIpc) is 2.90. The predicted octanol–water partition coefficient (Wildman–Crippen LogP) is 5.72. The summed E-state index contributed by atoms with van der Waals surface area (Å²) in [6.45, 7) is 1.89. The van der Waals surface area contributed by atoms with Crippen LogP contribution in [0.1, 0.15) is 30.9 Å². The molecular weight excluding hydrogens is 508 g/mol. The van der Waals surface area contributed by atoms with Crippen molar-refractivity contribution in [3.8, 4) is 5.75 Å². The van der Waals surface area contributed by atoms with Crippen molar-refractivity contribution in [3.05, 3.63) is 65.9 Å². The highest BCUT2D eigenvalue weighted by molar-refractivity contribution is 7.99. The van der Waals surface area contributed by atoms with Crippen LogP contribution in [-0.4, -0.2) is 72.5 Å². The molecule has 4 rings (SSSR count). The van der Waals surface area contributed by atoms with Crippen molar-refractivity contribution in [1.82, 2.24) is 14.8 Å². The normalized spacial score (nSPS) is 19.1. The summed E-state index contributed by atoms with van der Waals surface area (Å²) in [7, 11) is 5.75. The molecule has 9 heteroatoms. The number of hydrogen-bond donors (Lipinski definition) is 1. The Balaban J connectivity index is 1.39. The SMILES string of the molecule is COc1ccc2nccc([C@H](CC[C@@H]3CCN(CCSc4cc(F)ccc4F)C[C@@H]3C(=O)O)N(C)C)c2c1. The molecule has 0 radical (unpaired) electrons. The molecule has 0 amide bonds. The lowest BCUT2D eigenvalue weighted by Gasteiger charge is -2.37. The molecule has 1 saturated heterocycles. The number of methoxy groups -OCH3 is 1. The Morgan fingerprint density at radius 2 is 2.05 bits per heavy atom. The number of carboxylic acid groups (broad SMARTS) is 1. The van der Waals surface area contributed by atoms with Gasteiger partial charge in [-0.1, -0.05) is 0 Å². The number of rotatable bonds is 11. The van der Waals surface area contributed by atoms with Crippen LogP contribution in [0.15, 0.2) is 53.6 Å². The smallest absolute Gasteiger partial charge is 0.308 e. The number of thioether (sulfide) groups is 1. The Bertz CT molecular complexity index is 1260. The molecule has 38 heavy (non-hydrogen) atoms. The van der Waals surface area contributed by atoms with E-state index < -0.39 is 23.5 Å². The number of halogens is 2. The Kier molecular flexibility index (Phi) is 9.57. The van der Waals surface area contributed by atoms with Gasteiger partial charge in [0.05, 0.1) is 18.5 Å². The van der Waals surface area contributed by atoms with E-state index in [1.54, 1.807) is 7.11 Å². The third-order valence-corrected chi connectivity index (χ3v) is 8.50. The molecule has 0 unspecified atom stereocenters. The summed E-state index contributed by atoms with van der Waals surface area (Å²) in [4.78, 5) is 21.3. The van der Waals surface area contributed by atoms with Crippen molar-refractivity contribution in [2.75, 3.05) is 46.6 Å². The predicted molar refractivity (Wildman–Crippen MR) is 147 cm³/mol. The maximum absolute atomic E-state index is 13.9. The molecule has 1 fully saturated rings. The lowest BCUT2D eigenvalue weighted by atomic mass is 9.80. The summed E-state index contributed by atoms with van der Waals surface area (Å²) in [5.74, 6) is -0.715. The molecule has 2 aromatic carbocycles. The molecule has 204 valence electrons. The molecular formula is C29H35F2N3O3S. The van der Waals surface area contributed by atoms with Gasteiger partial charge in [-0.2, -0.15) is 0 Å². The maximum Gasteiger partial charge on any atom is 0.308 e. The standard InChI is InChI=1S/C29H35F2N3O3S/c1-33(2)27(22-10-12-32-26-8-6-21(37-3)17-23(22)26)9-4-19-11-13-34(18-24(19)29(35)36)14-15-38-28-16-20(30)5-7-25(28)31/h5-8,10,12,16-17,19,24,27H,4,9,11,13-15,18H2,1-3H3,(H,35,36)/t19-,24+,27+/m1/s1. The second-order valence-corrected chi connectivity index (χ2v) is 11.2. The van der Waals surface area contributed by atoms with Gasteiger partial charge in [0.15, 0.2) is 0 Å². The van der Waals surface area contributed by atoms with Crippen molar-refractivity contribution in [1.29, 1.82) is 0 Å². The van der Waals surface area contributed by atoms with Crippen LogP contribution in [0.4, 0.5) is 8.78 Å². The number of nitrogens with zero attached hydrogens (tertiary/aromatic N) is 3. The molecule has 0 aliphatic carbocycles. The third kappa shape index (κ3) is 6.81. The quantitative estimate of drug-likeness (QED) is 0.310. The van der Waals surface area contributed by atoms with E-state index in [0.717, 1.165) is 60.2 Å². The van der Waals surface area contributed by atoms with E-state index in [9.17, 15) is 18.7 Å². The van der Waals surface area contributed by atoms with Gasteiger partial charge in [0, 0.05) is 41.4 Å². The van der Waals surface area contributed by atoms with Crippen LogP contribution in [0.25, 0.3) is 10.9 Å². The van der Waals surface area contributed by atoms with Gasteiger partial charge < -0.3 is 19.6 Å². The minimum Gasteiger partial charge on any atom is -0.497 e. The lowest BCUT2D eigenvalue weighted by Crippen LogP contribution is -2.44. The molecule has 1 aliphatic rings. The van der Waals surface area contributed by atoms with Gasteiger partial charge >= 0.3 is 5.97 Å². The van der Waals surface area contributed by atoms with E-state index in [1.165, 1.54) is 17.8 Å². The number of fused-ring (bicyclic) bond motifs is 1. The second kappa shape index (κ2) is 12.9. The number of pyridine rings is 1. The Labute approximate surface area is 227 Å². The Morgan fingerprint density at radius 1 is 1.24 bits per heavy atom. The van der Waals surface area contributed by atoms with E-state index in [2.05, 4.69) is 14.8 Å². The summed E-state index contributed by atoms with van der Waals surface area (Å²) >= 11 is 1.26. The van der Waals surface area contributed by atoms with Crippen LogP contribution in [0, 0.1) is 23.5 Å². The molecule has 1 aliphatic heterocycles. The van der Waals surface area contributed by atoms with Gasteiger partial charge in [-0.3, -0.25) is 9.78 Å². The highest BCUT2D eigenvalue weighted by atomic mass is 32.2. The highest BCUT2D eigenvalue weighted by Gasteiger charge is 2.34. The van der Waals surface area contributed by atoms with Gasteiger partial charge in [-0.15, -0.1) is 11.8 Å². The number of piperidine rings is 1. The number of likely N-dealkylation sites (tertiary alicyclic amines) is 1. The second-order valence-electron chi connectivity index (χ2n) is 10.1. The summed E-state index contributed by atoms with van der Waals surface area (Å²) in [5.41, 5.74) is 2.06. The van der Waals surface area contributed by atoms with Crippen molar-refractivity contribution >= 4 is 28.6 Å². The fourth-order valence-corrected chi connectivity index (χ4v) is 6.37. The van der Waals surface area contributed by atoms with Gasteiger partial charge in [0.25, 0.3) is 0 Å². The van der Waals surface area contributed by atoms with Crippen LogP contribution in [0.3, 0.4) is 0 Å². The van der Waals surface area contributed by atoms with E-state index in [4.69, 9.17) is 4.74 Å². The van der Waals surface area contributed by atoms with Gasteiger partial charge in [0.2, 0.25) is 0 Å². The number of carboxylic acids is 1. The minimum atomic E-state index is -0.774. The maximum atomic E-state index is 13.9. The number of carbonyl (C=O) groups is 1. The molecule has 1 N–H and O–H groups in total. The topological polar surface area (TPSA) is 65.9 Å². The fourth-order valence-electron chi connectivity index (χ4n) is 5.40. The van der Waals surface area contributed by atoms with E-state index in [1.807, 2.05) is 44.6 Å². The summed E-state index contributed by atoms with van der Waals surface area (Å²) in [5, 5.41) is 11.1. The third-order valence-electron chi connectivity index (χ3n) is 7.49. The fraction of sp³-hybridized carbons (Fsp3) is 0.448. The molecule has 2 heterocycles. The monoisotopic (exact) mass is 543 g/mol. The highest BCUT2D eigenvalue weighted by Crippen LogP contribution is 2.36. The zero-order chi connectivity index (χ0) is 27.2. The number of aromatic nitrogens is 1. The lowest BCUT2D eigenvalue weighted by molar-refractivity contribution is -0.146. The minimum absolute atomic E-state index is 0.0714. The Hall–Kier alpha value is -2.75. The van der Waals surface area contributed by atoms with E-state index >= 15 is 0 Å². The zero-order valence-corrected chi connectivity index (χ0v) is 22.9. The van der Waals surface area contributed by atoms with Gasteiger partial charge in [0.1, 0.15) is 17.4 Å². The number of aliphatic carboxylic acids is 1. The number of ether oxygens (including phenoxy) is 1. The first kappa shape index (κ1) is 28.3. The molecule has 1 aromatic heterocycles. The van der Waals surface area contributed by atoms with E-state index in [0.29, 0.717) is 18.8 Å². The van der Waals surface area contributed by atoms with Crippen LogP contribution < -0.4 is 4.74 Å². The number of benzene rings is 2. The molecule has 6 nitrogen and oxygen atoms in total. The summed E-state index contributed by atoms with van der Waals surface area (Å²) in [6, 6.07) is 11.5. The molecule has 0 bridgehead atoms. The van der Waals surface area contributed by atoms with E-state index in [-0.39, 0.29) is 16.9 Å². The van der Waals surface area contributed by atoms with Gasteiger partial charge in [-0.25, -0.2) is 8.78 Å². The van der Waals surface area contributed by atoms with Gasteiger partial charge in [-0.05, 0) is 93.8 Å². The first-order valence-corrected chi connectivity index (χ1v) is 13.9. The van der Waals surface area contributed by atoms with Crippen molar-refractivity contribution in [2.24, 2.45) is 11.8 Å². The largest absolute Gasteiger partial charge is 0.497 e.